The average Bonchev–Trinajstić information content (AvgIpc) is 2.38. The van der Waals surface area contributed by atoms with Gasteiger partial charge in [0.15, 0.2) is 0 Å². The van der Waals surface area contributed by atoms with Crippen LogP contribution < -0.4 is 5.32 Å². The van der Waals surface area contributed by atoms with Gasteiger partial charge < -0.3 is 5.32 Å². The third-order valence-corrected chi connectivity index (χ3v) is 2.93. The van der Waals surface area contributed by atoms with E-state index in [1.165, 1.54) is 11.1 Å². The van der Waals surface area contributed by atoms with Gasteiger partial charge in [0.2, 0.25) is 0 Å². The van der Waals surface area contributed by atoms with Crippen LogP contribution in [0.4, 0.5) is 0 Å². The zero-order chi connectivity index (χ0) is 11.9. The van der Waals surface area contributed by atoms with E-state index in [0.717, 1.165) is 24.5 Å². The monoisotopic (exact) mass is 281 g/mol. The third-order valence-electron chi connectivity index (χ3n) is 2.68. The van der Waals surface area contributed by atoms with Crippen LogP contribution in [0.5, 0.6) is 0 Å². The highest BCUT2D eigenvalue weighted by Crippen LogP contribution is 2.09. The Bertz CT molecular complexity index is 440. The molecule has 96 valence electrons. The van der Waals surface area contributed by atoms with E-state index in [1.54, 1.807) is 0 Å². The fraction of sp³-hybridized carbons (Fsp3) is 0.200. The first-order valence-corrected chi connectivity index (χ1v) is 6.21. The summed E-state index contributed by atoms with van der Waals surface area (Å²) >= 11 is 5.84. The summed E-state index contributed by atoms with van der Waals surface area (Å²) in [5.74, 6) is 0. The van der Waals surface area contributed by atoms with Crippen LogP contribution in [0.25, 0.3) is 0 Å². The first-order valence-electron chi connectivity index (χ1n) is 5.84. The van der Waals surface area contributed by atoms with Crippen LogP contribution in [0.3, 0.4) is 0 Å². The predicted octanol–water partition coefficient (Wildman–Crippen LogP) is 4.09. The van der Waals surface area contributed by atoms with Crippen LogP contribution >= 0.6 is 24.0 Å². The van der Waals surface area contributed by atoms with Crippen molar-refractivity contribution in [3.05, 3.63) is 70.7 Å². The molecule has 0 amide bonds. The summed E-state index contributed by atoms with van der Waals surface area (Å²) in [5.41, 5.74) is 2.64. The minimum atomic E-state index is 0. The van der Waals surface area contributed by atoms with Gasteiger partial charge >= 0.3 is 0 Å². The maximum absolute atomic E-state index is 5.84. The quantitative estimate of drug-likeness (QED) is 0.814. The van der Waals surface area contributed by atoms with E-state index >= 15 is 0 Å². The molecule has 0 spiro atoms. The standard InChI is InChI=1S/C15H16ClN.ClH/c16-15-8-6-13(7-9-15)10-11-17-12-14-4-2-1-3-5-14;/h1-9,17H,10-12H2;1H. The summed E-state index contributed by atoms with van der Waals surface area (Å²) in [5, 5.41) is 4.23. The minimum absolute atomic E-state index is 0. The van der Waals surface area contributed by atoms with Crippen molar-refractivity contribution in [2.75, 3.05) is 6.54 Å². The normalized spacial score (nSPS) is 9.83. The van der Waals surface area contributed by atoms with Crippen molar-refractivity contribution < 1.29 is 0 Å². The molecule has 0 atom stereocenters. The van der Waals surface area contributed by atoms with Gasteiger partial charge in [0.25, 0.3) is 0 Å². The second-order valence-electron chi connectivity index (χ2n) is 4.04. The Morgan fingerprint density at radius 2 is 1.50 bits per heavy atom. The molecule has 0 saturated heterocycles. The zero-order valence-electron chi connectivity index (χ0n) is 10.1. The summed E-state index contributed by atoms with van der Waals surface area (Å²) in [6, 6.07) is 18.5. The molecule has 2 aromatic rings. The topological polar surface area (TPSA) is 12.0 Å². The second-order valence-corrected chi connectivity index (χ2v) is 4.48. The molecular weight excluding hydrogens is 265 g/mol. The molecule has 2 aromatic carbocycles. The number of benzene rings is 2. The molecule has 0 aromatic heterocycles. The molecule has 2 rings (SSSR count). The Kier molecular flexibility index (Phi) is 6.81. The molecule has 0 fully saturated rings. The van der Waals surface area contributed by atoms with E-state index in [1.807, 2.05) is 18.2 Å². The molecule has 0 aliphatic heterocycles. The molecular formula is C15H17Cl2N. The molecule has 0 bridgehead atoms. The van der Waals surface area contributed by atoms with Gasteiger partial charge in [0.1, 0.15) is 0 Å². The van der Waals surface area contributed by atoms with Crippen molar-refractivity contribution in [2.24, 2.45) is 0 Å². The van der Waals surface area contributed by atoms with Gasteiger partial charge in [-0.15, -0.1) is 12.4 Å². The van der Waals surface area contributed by atoms with Gasteiger partial charge in [0.05, 0.1) is 0 Å². The Morgan fingerprint density at radius 1 is 0.833 bits per heavy atom. The highest BCUT2D eigenvalue weighted by molar-refractivity contribution is 6.30. The van der Waals surface area contributed by atoms with E-state index < -0.39 is 0 Å². The van der Waals surface area contributed by atoms with Gasteiger partial charge in [-0.25, -0.2) is 0 Å². The molecule has 1 N–H and O–H groups in total. The smallest absolute Gasteiger partial charge is 0.0406 e. The van der Waals surface area contributed by atoms with Crippen LogP contribution in [-0.2, 0) is 13.0 Å². The van der Waals surface area contributed by atoms with Crippen LogP contribution in [0, 0.1) is 0 Å². The lowest BCUT2D eigenvalue weighted by atomic mass is 10.1. The molecule has 18 heavy (non-hydrogen) atoms. The summed E-state index contributed by atoms with van der Waals surface area (Å²) in [6.07, 6.45) is 1.03. The van der Waals surface area contributed by atoms with Gasteiger partial charge in [-0.1, -0.05) is 54.1 Å². The molecule has 0 saturated carbocycles. The third kappa shape index (κ3) is 5.09. The molecule has 1 nitrogen and oxygen atoms in total. The number of nitrogens with one attached hydrogen (secondary N) is 1. The van der Waals surface area contributed by atoms with E-state index in [9.17, 15) is 0 Å². The minimum Gasteiger partial charge on any atom is -0.312 e. The lowest BCUT2D eigenvalue weighted by Crippen LogP contribution is -2.16. The summed E-state index contributed by atoms with van der Waals surface area (Å²) in [6.45, 7) is 1.91. The van der Waals surface area contributed by atoms with Crippen molar-refractivity contribution in [3.8, 4) is 0 Å². The van der Waals surface area contributed by atoms with Crippen molar-refractivity contribution in [3.63, 3.8) is 0 Å². The lowest BCUT2D eigenvalue weighted by Gasteiger charge is -2.05. The van der Waals surface area contributed by atoms with Crippen LogP contribution in [0.15, 0.2) is 54.6 Å². The first-order chi connectivity index (χ1) is 8.34. The summed E-state index contributed by atoms with van der Waals surface area (Å²) in [4.78, 5) is 0. The highest BCUT2D eigenvalue weighted by Gasteiger charge is 1.94. The maximum atomic E-state index is 5.84. The van der Waals surface area contributed by atoms with Crippen LogP contribution in [0.2, 0.25) is 5.02 Å². The van der Waals surface area contributed by atoms with E-state index in [2.05, 4.69) is 41.7 Å². The number of halogens is 2. The predicted molar refractivity (Wildman–Crippen MR) is 80.6 cm³/mol. The Balaban J connectivity index is 0.00000162. The van der Waals surface area contributed by atoms with Gasteiger partial charge in [-0.3, -0.25) is 0 Å². The fourth-order valence-corrected chi connectivity index (χ4v) is 1.84. The number of hydrogen-bond acceptors (Lipinski definition) is 1. The molecule has 0 unspecified atom stereocenters. The first kappa shape index (κ1) is 15.0. The fourth-order valence-electron chi connectivity index (χ4n) is 1.71. The highest BCUT2D eigenvalue weighted by atomic mass is 35.5. The number of rotatable bonds is 5. The zero-order valence-corrected chi connectivity index (χ0v) is 11.7. The van der Waals surface area contributed by atoms with Crippen molar-refractivity contribution in [1.29, 1.82) is 0 Å². The summed E-state index contributed by atoms with van der Waals surface area (Å²) in [7, 11) is 0. The second kappa shape index (κ2) is 8.15. The van der Waals surface area contributed by atoms with Crippen molar-refractivity contribution in [1.82, 2.24) is 5.32 Å². The van der Waals surface area contributed by atoms with E-state index in [4.69, 9.17) is 11.6 Å². The van der Waals surface area contributed by atoms with Crippen LogP contribution in [-0.4, -0.2) is 6.54 Å². The average molecular weight is 282 g/mol. The van der Waals surface area contributed by atoms with Crippen LogP contribution in [0.1, 0.15) is 11.1 Å². The lowest BCUT2D eigenvalue weighted by molar-refractivity contribution is 0.687. The Labute approximate surface area is 120 Å². The SMILES string of the molecule is Cl.Clc1ccc(CCNCc2ccccc2)cc1. The largest absolute Gasteiger partial charge is 0.312 e. The van der Waals surface area contributed by atoms with E-state index in [-0.39, 0.29) is 12.4 Å². The van der Waals surface area contributed by atoms with Gasteiger partial charge in [0, 0.05) is 11.6 Å². The Hall–Kier alpha value is -1.02. The number of hydrogen-bond donors (Lipinski definition) is 1. The van der Waals surface area contributed by atoms with E-state index in [0.29, 0.717) is 0 Å². The molecule has 0 heterocycles. The Morgan fingerprint density at radius 3 is 2.17 bits per heavy atom. The van der Waals surface area contributed by atoms with Gasteiger partial charge in [-0.05, 0) is 36.2 Å². The van der Waals surface area contributed by atoms with Crippen molar-refractivity contribution in [2.45, 2.75) is 13.0 Å². The summed E-state index contributed by atoms with van der Waals surface area (Å²) < 4.78 is 0. The van der Waals surface area contributed by atoms with Crippen molar-refractivity contribution >= 4 is 24.0 Å². The molecule has 0 radical (unpaired) electrons. The molecule has 0 aliphatic carbocycles. The molecule has 3 heteroatoms. The van der Waals surface area contributed by atoms with Gasteiger partial charge in [-0.2, -0.15) is 0 Å². The molecule has 0 aliphatic rings. The maximum Gasteiger partial charge on any atom is 0.0406 e.